The maximum atomic E-state index is 13.6. The van der Waals surface area contributed by atoms with Crippen molar-refractivity contribution in [2.24, 2.45) is 0 Å². The molecule has 2 aromatic heterocycles. The third-order valence-corrected chi connectivity index (χ3v) is 5.44. The van der Waals surface area contributed by atoms with Gasteiger partial charge in [-0.05, 0) is 60.3 Å². The van der Waals surface area contributed by atoms with Gasteiger partial charge < -0.3 is 15.6 Å². The molecular formula is C22H18FN3O2S. The van der Waals surface area contributed by atoms with Crippen LogP contribution in [0.15, 0.2) is 60.0 Å². The van der Waals surface area contributed by atoms with Crippen LogP contribution in [0.3, 0.4) is 0 Å². The van der Waals surface area contributed by atoms with E-state index in [0.29, 0.717) is 21.6 Å². The highest BCUT2D eigenvalue weighted by Crippen LogP contribution is 2.24. The fourth-order valence-corrected chi connectivity index (χ4v) is 3.84. The van der Waals surface area contributed by atoms with Crippen molar-refractivity contribution in [2.75, 3.05) is 10.6 Å². The molecule has 0 aliphatic rings. The van der Waals surface area contributed by atoms with Crippen molar-refractivity contribution in [1.29, 1.82) is 0 Å². The molecule has 2 amide bonds. The van der Waals surface area contributed by atoms with E-state index in [0.717, 1.165) is 16.8 Å². The zero-order valence-corrected chi connectivity index (χ0v) is 16.4. The number of carbonyl (C=O) groups excluding carboxylic acids is 2. The topological polar surface area (TPSA) is 74.0 Å². The quantitative estimate of drug-likeness (QED) is 0.430. The van der Waals surface area contributed by atoms with Gasteiger partial charge in [-0.1, -0.05) is 12.1 Å². The molecule has 0 unspecified atom stereocenters. The summed E-state index contributed by atoms with van der Waals surface area (Å²) in [7, 11) is 0. The van der Waals surface area contributed by atoms with Gasteiger partial charge in [0, 0.05) is 28.0 Å². The average molecular weight is 407 g/mol. The third-order valence-electron chi connectivity index (χ3n) is 4.57. The predicted molar refractivity (Wildman–Crippen MR) is 114 cm³/mol. The number of fused-ring (bicyclic) bond motifs is 1. The van der Waals surface area contributed by atoms with Gasteiger partial charge in [0.25, 0.3) is 5.91 Å². The molecule has 29 heavy (non-hydrogen) atoms. The summed E-state index contributed by atoms with van der Waals surface area (Å²) in [6, 6.07) is 15.0. The third kappa shape index (κ3) is 4.20. The molecule has 0 aliphatic heterocycles. The molecule has 0 radical (unpaired) electrons. The number of anilines is 2. The van der Waals surface area contributed by atoms with Crippen molar-refractivity contribution in [3.63, 3.8) is 0 Å². The fourth-order valence-electron chi connectivity index (χ4n) is 3.22. The van der Waals surface area contributed by atoms with Crippen molar-refractivity contribution in [1.82, 2.24) is 4.98 Å². The Morgan fingerprint density at radius 1 is 1.03 bits per heavy atom. The zero-order valence-electron chi connectivity index (χ0n) is 15.6. The second-order valence-electron chi connectivity index (χ2n) is 6.66. The highest BCUT2D eigenvalue weighted by Gasteiger charge is 2.14. The lowest BCUT2D eigenvalue weighted by atomic mass is 10.1. The van der Waals surface area contributed by atoms with Crippen molar-refractivity contribution in [3.8, 4) is 0 Å². The molecule has 0 saturated heterocycles. The van der Waals surface area contributed by atoms with Gasteiger partial charge in [-0.25, -0.2) is 4.39 Å². The van der Waals surface area contributed by atoms with Gasteiger partial charge in [-0.2, -0.15) is 0 Å². The SMILES string of the molecule is Cc1[nH]c2ccc(F)cc2c1CC(=O)Nc1cccc(NC(=O)c2cccs2)c1. The Morgan fingerprint density at radius 2 is 1.83 bits per heavy atom. The highest BCUT2D eigenvalue weighted by atomic mass is 32.1. The molecule has 5 nitrogen and oxygen atoms in total. The van der Waals surface area contributed by atoms with E-state index < -0.39 is 0 Å². The molecule has 0 bridgehead atoms. The van der Waals surface area contributed by atoms with Crippen LogP contribution in [0.5, 0.6) is 0 Å². The van der Waals surface area contributed by atoms with Gasteiger partial charge >= 0.3 is 0 Å². The van der Waals surface area contributed by atoms with Gasteiger partial charge in [-0.3, -0.25) is 9.59 Å². The Bertz CT molecular complexity index is 1200. The molecular weight excluding hydrogens is 389 g/mol. The smallest absolute Gasteiger partial charge is 0.265 e. The standard InChI is InChI=1S/C22H18FN3O2S/c1-13-17(18-10-14(23)7-8-19(18)24-13)12-21(27)25-15-4-2-5-16(11-15)26-22(28)20-6-3-9-29-20/h2-11,24H,12H2,1H3,(H,25,27)(H,26,28). The maximum absolute atomic E-state index is 13.6. The molecule has 4 aromatic rings. The minimum atomic E-state index is -0.340. The number of carbonyl (C=O) groups is 2. The van der Waals surface area contributed by atoms with Crippen LogP contribution in [0.4, 0.5) is 15.8 Å². The van der Waals surface area contributed by atoms with Crippen LogP contribution in [-0.4, -0.2) is 16.8 Å². The van der Waals surface area contributed by atoms with Crippen LogP contribution in [0.25, 0.3) is 10.9 Å². The Labute approximate surface area is 170 Å². The molecule has 0 aliphatic carbocycles. The van der Waals surface area contributed by atoms with Crippen LogP contribution in [0, 0.1) is 12.7 Å². The van der Waals surface area contributed by atoms with Crippen molar-refractivity contribution < 1.29 is 14.0 Å². The van der Waals surface area contributed by atoms with Gasteiger partial charge in [0.15, 0.2) is 0 Å². The number of benzene rings is 2. The number of H-pyrrole nitrogens is 1. The number of aromatic amines is 1. The molecule has 0 saturated carbocycles. The van der Waals surface area contributed by atoms with E-state index in [9.17, 15) is 14.0 Å². The number of rotatable bonds is 5. The lowest BCUT2D eigenvalue weighted by molar-refractivity contribution is -0.115. The number of nitrogens with one attached hydrogen (secondary N) is 3. The Hall–Kier alpha value is -3.45. The summed E-state index contributed by atoms with van der Waals surface area (Å²) in [6.07, 6.45) is 0.112. The van der Waals surface area contributed by atoms with Crippen LogP contribution in [0.2, 0.25) is 0 Å². The van der Waals surface area contributed by atoms with Crippen molar-refractivity contribution in [2.45, 2.75) is 13.3 Å². The first-order valence-corrected chi connectivity index (χ1v) is 9.89. The summed E-state index contributed by atoms with van der Waals surface area (Å²) in [5.41, 5.74) is 3.55. The number of aryl methyl sites for hydroxylation is 1. The van der Waals surface area contributed by atoms with E-state index in [-0.39, 0.29) is 24.1 Å². The number of halogens is 1. The molecule has 4 rings (SSSR count). The van der Waals surface area contributed by atoms with E-state index in [1.165, 1.54) is 23.5 Å². The van der Waals surface area contributed by atoms with Crippen LogP contribution in [-0.2, 0) is 11.2 Å². The van der Waals surface area contributed by atoms with E-state index in [4.69, 9.17) is 0 Å². The number of hydrogen-bond donors (Lipinski definition) is 3. The number of amides is 2. The van der Waals surface area contributed by atoms with Crippen LogP contribution >= 0.6 is 11.3 Å². The largest absolute Gasteiger partial charge is 0.358 e. The Kier molecular flexibility index (Phi) is 5.14. The first-order valence-electron chi connectivity index (χ1n) is 9.01. The molecule has 7 heteroatoms. The minimum Gasteiger partial charge on any atom is -0.358 e. The van der Waals surface area contributed by atoms with Crippen LogP contribution < -0.4 is 10.6 Å². The summed E-state index contributed by atoms with van der Waals surface area (Å²) in [5.74, 6) is -0.757. The molecule has 146 valence electrons. The lowest BCUT2D eigenvalue weighted by Gasteiger charge is -2.09. The average Bonchev–Trinajstić information content (AvgIpc) is 3.31. The maximum Gasteiger partial charge on any atom is 0.265 e. The van der Waals surface area contributed by atoms with E-state index in [1.807, 2.05) is 18.4 Å². The summed E-state index contributed by atoms with van der Waals surface area (Å²) in [4.78, 5) is 28.6. The normalized spacial score (nSPS) is 10.8. The molecule has 2 heterocycles. The summed E-state index contributed by atoms with van der Waals surface area (Å²) in [5, 5.41) is 8.20. The molecule has 3 N–H and O–H groups in total. The van der Waals surface area contributed by atoms with E-state index in [2.05, 4.69) is 15.6 Å². The second kappa shape index (κ2) is 7.89. The molecule has 2 aromatic carbocycles. The molecule has 0 fully saturated rings. The summed E-state index contributed by atoms with van der Waals surface area (Å²) < 4.78 is 13.6. The van der Waals surface area contributed by atoms with E-state index in [1.54, 1.807) is 36.4 Å². The number of aromatic nitrogens is 1. The fraction of sp³-hybridized carbons (Fsp3) is 0.0909. The predicted octanol–water partition coefficient (Wildman–Crippen LogP) is 5.11. The Morgan fingerprint density at radius 3 is 2.59 bits per heavy atom. The Balaban J connectivity index is 1.47. The minimum absolute atomic E-state index is 0.112. The van der Waals surface area contributed by atoms with Crippen LogP contribution in [0.1, 0.15) is 20.9 Å². The van der Waals surface area contributed by atoms with Gasteiger partial charge in [0.2, 0.25) is 5.91 Å². The summed E-state index contributed by atoms with van der Waals surface area (Å²) >= 11 is 1.36. The van der Waals surface area contributed by atoms with Gasteiger partial charge in [-0.15, -0.1) is 11.3 Å². The van der Waals surface area contributed by atoms with Crippen molar-refractivity contribution >= 4 is 45.4 Å². The summed E-state index contributed by atoms with van der Waals surface area (Å²) in [6.45, 7) is 1.86. The number of thiophene rings is 1. The first-order chi connectivity index (χ1) is 14.0. The number of hydrogen-bond acceptors (Lipinski definition) is 3. The zero-order chi connectivity index (χ0) is 20.4. The first kappa shape index (κ1) is 18.9. The molecule has 0 atom stereocenters. The van der Waals surface area contributed by atoms with Gasteiger partial charge in [0.05, 0.1) is 11.3 Å². The second-order valence-corrected chi connectivity index (χ2v) is 7.60. The lowest BCUT2D eigenvalue weighted by Crippen LogP contribution is -2.15. The van der Waals surface area contributed by atoms with E-state index >= 15 is 0 Å². The molecule has 0 spiro atoms. The monoisotopic (exact) mass is 407 g/mol. The van der Waals surface area contributed by atoms with Crippen molar-refractivity contribution in [3.05, 3.63) is 81.9 Å². The highest BCUT2D eigenvalue weighted by molar-refractivity contribution is 7.12. The van der Waals surface area contributed by atoms with Gasteiger partial charge in [0.1, 0.15) is 5.82 Å².